The molecular formula is C27H31N2O6+. The van der Waals surface area contributed by atoms with Crippen molar-refractivity contribution in [2.75, 3.05) is 0 Å². The number of hydrogen-bond acceptors (Lipinski definition) is 4. The summed E-state index contributed by atoms with van der Waals surface area (Å²) in [5.41, 5.74) is 1.45. The third-order valence-corrected chi connectivity index (χ3v) is 8.02. The van der Waals surface area contributed by atoms with Crippen LogP contribution in [-0.2, 0) is 22.5 Å². The van der Waals surface area contributed by atoms with Crippen LogP contribution in [0.5, 0.6) is 0 Å². The quantitative estimate of drug-likeness (QED) is 0.565. The molecule has 2 fully saturated rings. The fourth-order valence-corrected chi connectivity index (χ4v) is 6.47. The molecule has 2 N–H and O–H groups in total. The highest BCUT2D eigenvalue weighted by Crippen LogP contribution is 2.58. The minimum absolute atomic E-state index is 0.0921. The lowest BCUT2D eigenvalue weighted by atomic mass is 9.78. The Labute approximate surface area is 204 Å². The van der Waals surface area contributed by atoms with Crippen LogP contribution in [0.15, 0.2) is 54.6 Å². The van der Waals surface area contributed by atoms with E-state index in [2.05, 4.69) is 0 Å². The molecule has 1 heterocycles. The SMILES string of the molecule is C[C@H](OC(=O)N(C1CC1)[C@@]12CCC[C@@H]1Cc1ccccc1[N@@+]2(Cc1ccccc1)C(=O)O)C(=O)O. The van der Waals surface area contributed by atoms with Crippen molar-refractivity contribution in [3.63, 3.8) is 0 Å². The second-order valence-corrected chi connectivity index (χ2v) is 10.0. The van der Waals surface area contributed by atoms with E-state index in [-0.39, 0.29) is 18.5 Å². The molecule has 2 amide bonds. The minimum atomic E-state index is -1.32. The van der Waals surface area contributed by atoms with Crippen LogP contribution in [0.4, 0.5) is 15.3 Å². The molecule has 3 aliphatic rings. The molecule has 8 nitrogen and oxygen atoms in total. The zero-order valence-corrected chi connectivity index (χ0v) is 19.8. The lowest BCUT2D eigenvalue weighted by Crippen LogP contribution is -2.79. The molecular weight excluding hydrogens is 448 g/mol. The molecule has 2 aromatic carbocycles. The highest BCUT2D eigenvalue weighted by Gasteiger charge is 2.72. The van der Waals surface area contributed by atoms with Crippen LogP contribution in [0.1, 0.15) is 50.2 Å². The third-order valence-electron chi connectivity index (χ3n) is 8.02. The number of nitrogens with zero attached hydrogens (tertiary/aromatic N) is 2. The number of hydrogen-bond donors (Lipinski definition) is 2. The Hall–Kier alpha value is -3.39. The second kappa shape index (κ2) is 8.68. The number of rotatable bonds is 6. The van der Waals surface area contributed by atoms with Crippen molar-refractivity contribution in [2.24, 2.45) is 5.92 Å². The zero-order valence-electron chi connectivity index (χ0n) is 19.8. The lowest BCUT2D eigenvalue weighted by Gasteiger charge is -2.57. The van der Waals surface area contributed by atoms with Gasteiger partial charge in [-0.2, -0.15) is 9.28 Å². The van der Waals surface area contributed by atoms with E-state index < -0.39 is 34.4 Å². The second-order valence-electron chi connectivity index (χ2n) is 10.0. The molecule has 0 saturated heterocycles. The Bertz CT molecular complexity index is 1150. The van der Waals surface area contributed by atoms with Crippen molar-refractivity contribution in [3.05, 3.63) is 65.7 Å². The van der Waals surface area contributed by atoms with Gasteiger partial charge in [0.05, 0.1) is 0 Å². The molecule has 5 rings (SSSR count). The zero-order chi connectivity index (χ0) is 24.8. The average Bonchev–Trinajstić information content (AvgIpc) is 3.57. The Morgan fingerprint density at radius 1 is 1.06 bits per heavy atom. The number of benzene rings is 2. The van der Waals surface area contributed by atoms with Crippen molar-refractivity contribution in [1.29, 1.82) is 0 Å². The lowest BCUT2D eigenvalue weighted by molar-refractivity contribution is -0.148. The number of carboxylic acid groups (broad SMARTS) is 2. The van der Waals surface area contributed by atoms with E-state index in [0.717, 1.165) is 36.8 Å². The Balaban J connectivity index is 1.74. The number of aliphatic carboxylic acids is 1. The van der Waals surface area contributed by atoms with Gasteiger partial charge in [-0.15, -0.1) is 0 Å². The number of ether oxygens (including phenoxy) is 1. The Kier molecular flexibility index (Phi) is 5.79. The maximum absolute atomic E-state index is 13.7. The molecule has 2 saturated carbocycles. The van der Waals surface area contributed by atoms with Gasteiger partial charge in [0, 0.05) is 35.6 Å². The summed E-state index contributed by atoms with van der Waals surface area (Å²) in [6.45, 7) is 1.50. The predicted molar refractivity (Wildman–Crippen MR) is 129 cm³/mol. The minimum Gasteiger partial charge on any atom is -0.479 e. The van der Waals surface area contributed by atoms with Gasteiger partial charge in [0.25, 0.3) is 0 Å². The number of carbonyl (C=O) groups excluding carboxylic acids is 1. The predicted octanol–water partition coefficient (Wildman–Crippen LogP) is 5.00. The molecule has 8 heteroatoms. The van der Waals surface area contributed by atoms with Crippen molar-refractivity contribution in [1.82, 2.24) is 9.38 Å². The number of quaternary nitrogens is 1. The first kappa shape index (κ1) is 23.4. The summed E-state index contributed by atoms with van der Waals surface area (Å²) in [5.74, 6) is -1.32. The maximum Gasteiger partial charge on any atom is 0.521 e. The van der Waals surface area contributed by atoms with Crippen LogP contribution in [0, 0.1) is 5.92 Å². The summed E-state index contributed by atoms with van der Waals surface area (Å²) in [7, 11) is 0. The van der Waals surface area contributed by atoms with Crippen LogP contribution in [0.3, 0.4) is 0 Å². The topological polar surface area (TPSA) is 104 Å². The van der Waals surface area contributed by atoms with Gasteiger partial charge < -0.3 is 14.9 Å². The highest BCUT2D eigenvalue weighted by atomic mass is 16.6. The number of amides is 2. The molecule has 2 aliphatic carbocycles. The summed E-state index contributed by atoms with van der Waals surface area (Å²) in [6.07, 6.45) is 1.18. The first-order valence-corrected chi connectivity index (χ1v) is 12.3. The van der Waals surface area contributed by atoms with Crippen LogP contribution in [-0.4, -0.2) is 51.1 Å². The Morgan fingerprint density at radius 3 is 2.40 bits per heavy atom. The van der Waals surface area contributed by atoms with E-state index in [9.17, 15) is 24.6 Å². The van der Waals surface area contributed by atoms with E-state index in [0.29, 0.717) is 18.5 Å². The summed E-state index contributed by atoms with van der Waals surface area (Å²) in [6, 6.07) is 17.0. The van der Waals surface area contributed by atoms with Gasteiger partial charge in [0.2, 0.25) is 0 Å². The molecule has 35 heavy (non-hydrogen) atoms. The van der Waals surface area contributed by atoms with Crippen molar-refractivity contribution in [3.8, 4) is 0 Å². The number of fused-ring (bicyclic) bond motifs is 2. The molecule has 0 spiro atoms. The first-order chi connectivity index (χ1) is 16.8. The average molecular weight is 480 g/mol. The van der Waals surface area contributed by atoms with Crippen LogP contribution in [0.2, 0.25) is 0 Å². The van der Waals surface area contributed by atoms with Gasteiger partial charge in [-0.1, -0.05) is 48.5 Å². The van der Waals surface area contributed by atoms with E-state index in [1.54, 1.807) is 4.90 Å². The van der Waals surface area contributed by atoms with Crippen LogP contribution >= 0.6 is 0 Å². The fraction of sp³-hybridized carbons (Fsp3) is 0.444. The molecule has 0 bridgehead atoms. The summed E-state index contributed by atoms with van der Waals surface area (Å²) >= 11 is 0. The molecule has 184 valence electrons. The largest absolute Gasteiger partial charge is 0.521 e. The fourth-order valence-electron chi connectivity index (χ4n) is 6.47. The van der Waals surface area contributed by atoms with Gasteiger partial charge in [-0.3, -0.25) is 4.90 Å². The van der Waals surface area contributed by atoms with E-state index in [1.807, 2.05) is 54.6 Å². The van der Waals surface area contributed by atoms with Crippen molar-refractivity contribution < 1.29 is 29.3 Å². The van der Waals surface area contributed by atoms with E-state index in [1.165, 1.54) is 6.92 Å². The monoisotopic (exact) mass is 479 g/mol. The van der Waals surface area contributed by atoms with Gasteiger partial charge in [0.1, 0.15) is 12.2 Å². The summed E-state index contributed by atoms with van der Waals surface area (Å²) < 4.78 is 5.00. The highest BCUT2D eigenvalue weighted by molar-refractivity contribution is 5.86. The van der Waals surface area contributed by atoms with Crippen molar-refractivity contribution >= 4 is 23.8 Å². The van der Waals surface area contributed by atoms with Crippen LogP contribution < -0.4 is 4.48 Å². The van der Waals surface area contributed by atoms with Gasteiger partial charge >= 0.3 is 18.2 Å². The Morgan fingerprint density at radius 2 is 1.74 bits per heavy atom. The number of carbonyl (C=O) groups is 3. The smallest absolute Gasteiger partial charge is 0.479 e. The molecule has 2 aromatic rings. The normalized spacial score (nSPS) is 27.9. The molecule has 4 atom stereocenters. The first-order valence-electron chi connectivity index (χ1n) is 12.3. The number of para-hydroxylation sites is 1. The van der Waals surface area contributed by atoms with Crippen LogP contribution in [0.25, 0.3) is 0 Å². The molecule has 0 aromatic heterocycles. The van der Waals surface area contributed by atoms with E-state index in [4.69, 9.17) is 4.74 Å². The maximum atomic E-state index is 13.7. The molecule has 0 radical (unpaired) electrons. The summed E-state index contributed by atoms with van der Waals surface area (Å²) in [5, 5.41) is 20.5. The molecule has 0 unspecified atom stereocenters. The van der Waals surface area contributed by atoms with Gasteiger partial charge in [-0.25, -0.2) is 9.59 Å². The number of carboxylic acids is 1. The summed E-state index contributed by atoms with van der Waals surface area (Å²) in [4.78, 5) is 40.4. The van der Waals surface area contributed by atoms with Gasteiger partial charge in [0.15, 0.2) is 11.8 Å². The molecule has 1 aliphatic heterocycles. The van der Waals surface area contributed by atoms with Crippen molar-refractivity contribution in [2.45, 2.75) is 69.8 Å². The standard InChI is InChI=1S/C27H30N2O6/c1-18(24(30)31)35-25(32)28(22-13-14-22)27-15-7-11-21(27)16-20-10-5-6-12-23(20)29(27,26(33)34)17-19-8-3-2-4-9-19/h2-6,8-10,12,18,21-22H,7,11,13-17H2,1H3,(H-,30,31,33,34)/p+1/t18-,21+,27+,29-/m0/s1. The van der Waals surface area contributed by atoms with Gasteiger partial charge in [-0.05, 0) is 39.0 Å². The third kappa shape index (κ3) is 3.58. The van der Waals surface area contributed by atoms with E-state index >= 15 is 0 Å².